The first kappa shape index (κ1) is 15.3. The molecule has 8 nitrogen and oxygen atoms in total. The van der Waals surface area contributed by atoms with Crippen LogP contribution in [0.1, 0.15) is 11.5 Å². The molecule has 122 valence electrons. The maximum atomic E-state index is 10.2. The van der Waals surface area contributed by atoms with Crippen LogP contribution < -0.4 is 14.2 Å². The molecule has 3 rings (SSSR count). The lowest BCUT2D eigenvalue weighted by atomic mass is 9.75. The Morgan fingerprint density at radius 3 is 2.09 bits per heavy atom. The highest BCUT2D eigenvalue weighted by atomic mass is 16.7. The van der Waals surface area contributed by atoms with E-state index in [4.69, 9.17) is 14.2 Å². The topological polar surface area (TPSA) is 129 Å². The van der Waals surface area contributed by atoms with Crippen molar-refractivity contribution in [2.45, 2.75) is 36.4 Å². The van der Waals surface area contributed by atoms with Gasteiger partial charge in [-0.05, 0) is 17.7 Å². The first-order chi connectivity index (χ1) is 10.5. The zero-order valence-corrected chi connectivity index (χ0v) is 11.8. The van der Waals surface area contributed by atoms with E-state index in [9.17, 15) is 25.5 Å². The van der Waals surface area contributed by atoms with Gasteiger partial charge in [-0.1, -0.05) is 0 Å². The van der Waals surface area contributed by atoms with Crippen LogP contribution >= 0.6 is 0 Å². The molecule has 0 spiro atoms. The summed E-state index contributed by atoms with van der Waals surface area (Å²) in [5, 5.41) is 49.6. The normalized spacial score (nSPS) is 37.2. The van der Waals surface area contributed by atoms with Crippen molar-refractivity contribution in [2.24, 2.45) is 0 Å². The predicted octanol–water partition coefficient (Wildman–Crippen LogP) is -1.67. The number of hydrogen-bond donors (Lipinski definition) is 5. The summed E-state index contributed by atoms with van der Waals surface area (Å²) in [4.78, 5) is 0. The van der Waals surface area contributed by atoms with Gasteiger partial charge < -0.3 is 39.7 Å². The molecule has 0 saturated heterocycles. The quantitative estimate of drug-likeness (QED) is 0.438. The molecule has 22 heavy (non-hydrogen) atoms. The summed E-state index contributed by atoms with van der Waals surface area (Å²) in [5.74, 6) is 0.118. The average Bonchev–Trinajstić information content (AvgIpc) is 2.99. The molecule has 2 unspecified atom stereocenters. The molecule has 1 aromatic carbocycles. The van der Waals surface area contributed by atoms with Crippen LogP contribution in [-0.4, -0.2) is 70.0 Å². The molecule has 0 radical (unpaired) electrons. The lowest BCUT2D eigenvalue weighted by Gasteiger charge is -2.42. The fourth-order valence-corrected chi connectivity index (χ4v) is 2.97. The van der Waals surface area contributed by atoms with Crippen LogP contribution in [0.2, 0.25) is 0 Å². The molecule has 6 atom stereocenters. The minimum atomic E-state index is -1.63. The minimum Gasteiger partial charge on any atom is -0.493 e. The monoisotopic (exact) mass is 314 g/mol. The first-order valence-electron chi connectivity index (χ1n) is 6.83. The number of hydrogen-bond acceptors (Lipinski definition) is 8. The van der Waals surface area contributed by atoms with Crippen LogP contribution in [-0.2, 0) is 0 Å². The third kappa shape index (κ3) is 2.20. The van der Waals surface area contributed by atoms with Gasteiger partial charge in [-0.15, -0.1) is 0 Å². The summed E-state index contributed by atoms with van der Waals surface area (Å²) in [7, 11) is 1.43. The van der Waals surface area contributed by atoms with E-state index in [1.54, 1.807) is 6.07 Å². The summed E-state index contributed by atoms with van der Waals surface area (Å²) in [6.07, 6.45) is -7.71. The van der Waals surface area contributed by atoms with Gasteiger partial charge in [0, 0.05) is 5.92 Å². The lowest BCUT2D eigenvalue weighted by Crippen LogP contribution is -2.59. The van der Waals surface area contributed by atoms with Gasteiger partial charge in [0.15, 0.2) is 11.5 Å². The first-order valence-corrected chi connectivity index (χ1v) is 6.83. The molecule has 1 fully saturated rings. The zero-order chi connectivity index (χ0) is 16.0. The number of aliphatic hydroxyl groups excluding tert-OH is 5. The van der Waals surface area contributed by atoms with Crippen LogP contribution in [0, 0.1) is 0 Å². The van der Waals surface area contributed by atoms with E-state index in [0.29, 0.717) is 22.8 Å². The van der Waals surface area contributed by atoms with Crippen molar-refractivity contribution < 1.29 is 39.7 Å². The lowest BCUT2D eigenvalue weighted by molar-refractivity contribution is -0.187. The second-order valence-corrected chi connectivity index (χ2v) is 5.44. The summed E-state index contributed by atoms with van der Waals surface area (Å²) in [5.41, 5.74) is 0.395. The van der Waals surface area contributed by atoms with Crippen molar-refractivity contribution in [3.8, 4) is 17.2 Å². The van der Waals surface area contributed by atoms with Crippen LogP contribution in [0.25, 0.3) is 0 Å². The number of benzene rings is 1. The minimum absolute atomic E-state index is 0.0227. The summed E-state index contributed by atoms with van der Waals surface area (Å²) >= 11 is 0. The van der Waals surface area contributed by atoms with Crippen molar-refractivity contribution in [2.75, 3.05) is 13.9 Å². The Morgan fingerprint density at radius 1 is 0.909 bits per heavy atom. The molecule has 5 N–H and O–H groups in total. The van der Waals surface area contributed by atoms with E-state index in [0.717, 1.165) is 0 Å². The van der Waals surface area contributed by atoms with Gasteiger partial charge in [0.2, 0.25) is 12.5 Å². The largest absolute Gasteiger partial charge is 0.493 e. The molecule has 2 aliphatic rings. The number of rotatable bonds is 2. The predicted molar refractivity (Wildman–Crippen MR) is 71.9 cm³/mol. The van der Waals surface area contributed by atoms with Gasteiger partial charge >= 0.3 is 0 Å². The Hall–Kier alpha value is -1.58. The van der Waals surface area contributed by atoms with Gasteiger partial charge in [0.05, 0.1) is 19.3 Å². The molecule has 1 aromatic rings. The summed E-state index contributed by atoms with van der Waals surface area (Å²) in [6.45, 7) is 0.0227. The Balaban J connectivity index is 2.02. The Labute approximate surface area is 126 Å². The average molecular weight is 314 g/mol. The summed E-state index contributed by atoms with van der Waals surface area (Å²) in [6, 6.07) is 3.07. The maximum absolute atomic E-state index is 10.2. The molecule has 1 saturated carbocycles. The number of aliphatic hydroxyl groups is 5. The third-order valence-electron chi connectivity index (χ3n) is 4.20. The molecule has 0 amide bonds. The highest BCUT2D eigenvalue weighted by Gasteiger charge is 2.49. The van der Waals surface area contributed by atoms with Gasteiger partial charge in [-0.3, -0.25) is 0 Å². The van der Waals surface area contributed by atoms with Gasteiger partial charge in [0.1, 0.15) is 18.3 Å². The SMILES string of the molecule is COc1cc(C2[C@@H](O)[C@H](O)C(O)[C@H](O)[C@@H]2O)cc2c1OCO2. The zero-order valence-electron chi connectivity index (χ0n) is 11.8. The van der Waals surface area contributed by atoms with Crippen molar-refractivity contribution in [3.05, 3.63) is 17.7 Å². The smallest absolute Gasteiger partial charge is 0.231 e. The van der Waals surface area contributed by atoms with Crippen molar-refractivity contribution >= 4 is 0 Å². The third-order valence-corrected chi connectivity index (χ3v) is 4.20. The fraction of sp³-hybridized carbons (Fsp3) is 0.571. The second-order valence-electron chi connectivity index (χ2n) is 5.44. The van der Waals surface area contributed by atoms with Gasteiger partial charge in [-0.25, -0.2) is 0 Å². The van der Waals surface area contributed by atoms with E-state index in [1.807, 2.05) is 0 Å². The highest BCUT2D eigenvalue weighted by Crippen LogP contribution is 2.45. The number of fused-ring (bicyclic) bond motifs is 1. The van der Waals surface area contributed by atoms with Crippen LogP contribution in [0.15, 0.2) is 12.1 Å². The Bertz CT molecular complexity index is 546. The molecule has 1 aliphatic heterocycles. The van der Waals surface area contributed by atoms with Gasteiger partial charge in [-0.2, -0.15) is 0 Å². The number of ether oxygens (including phenoxy) is 3. The second kappa shape index (κ2) is 5.56. The molecule has 0 bridgehead atoms. The van der Waals surface area contributed by atoms with Crippen LogP contribution in [0.5, 0.6) is 17.2 Å². The molecule has 8 heteroatoms. The molecule has 0 aromatic heterocycles. The summed E-state index contributed by atoms with van der Waals surface area (Å²) < 4.78 is 15.7. The van der Waals surface area contributed by atoms with E-state index < -0.39 is 36.4 Å². The van der Waals surface area contributed by atoms with E-state index >= 15 is 0 Å². The van der Waals surface area contributed by atoms with Crippen molar-refractivity contribution in [1.82, 2.24) is 0 Å². The van der Waals surface area contributed by atoms with Crippen molar-refractivity contribution in [1.29, 1.82) is 0 Å². The van der Waals surface area contributed by atoms with Crippen LogP contribution in [0.4, 0.5) is 0 Å². The maximum Gasteiger partial charge on any atom is 0.231 e. The van der Waals surface area contributed by atoms with Crippen LogP contribution in [0.3, 0.4) is 0 Å². The van der Waals surface area contributed by atoms with E-state index in [1.165, 1.54) is 13.2 Å². The number of methoxy groups -OCH3 is 1. The standard InChI is InChI=1S/C14H18O8/c1-20-6-2-5(3-7-14(6)22-4-21-7)8-9(15)11(17)13(19)12(18)10(8)16/h2-3,8-13,15-19H,4H2,1H3/t8?,9-,10-,11-,12+,13?/m1/s1. The molecular weight excluding hydrogens is 296 g/mol. The Morgan fingerprint density at radius 2 is 1.50 bits per heavy atom. The van der Waals surface area contributed by atoms with E-state index in [2.05, 4.69) is 0 Å². The molecule has 1 aliphatic carbocycles. The van der Waals surface area contributed by atoms with E-state index in [-0.39, 0.29) is 6.79 Å². The molecule has 1 heterocycles. The van der Waals surface area contributed by atoms with Gasteiger partial charge in [0.25, 0.3) is 0 Å². The van der Waals surface area contributed by atoms with Crippen molar-refractivity contribution in [3.63, 3.8) is 0 Å². The fourth-order valence-electron chi connectivity index (χ4n) is 2.97. The Kier molecular flexibility index (Phi) is 3.87. The molecular formula is C14H18O8. The highest BCUT2D eigenvalue weighted by molar-refractivity contribution is 5.56.